The lowest BCUT2D eigenvalue weighted by molar-refractivity contribution is 0.554. The van der Waals surface area contributed by atoms with Gasteiger partial charge in [0, 0.05) is 0 Å². The maximum absolute atomic E-state index is 4.01. The molecule has 0 nitrogen and oxygen atoms in total. The molecule has 0 atom stereocenters. The van der Waals surface area contributed by atoms with E-state index in [2.05, 4.69) is 71.5 Å². The number of hydrogen-bond acceptors (Lipinski definition) is 0. The summed E-state index contributed by atoms with van der Waals surface area (Å²) >= 11 is 0. The summed E-state index contributed by atoms with van der Waals surface area (Å²) in [6.45, 7) is 15.2. The van der Waals surface area contributed by atoms with Crippen LogP contribution in [0.1, 0.15) is 70.9 Å². The molecular formula is C23H34. The molecule has 0 aromatic heterocycles. The van der Waals surface area contributed by atoms with Crippen LogP contribution in [-0.2, 0) is 0 Å². The van der Waals surface area contributed by atoms with Crippen molar-refractivity contribution in [3.8, 4) is 0 Å². The van der Waals surface area contributed by atoms with Gasteiger partial charge in [-0.05, 0) is 63.5 Å². The van der Waals surface area contributed by atoms with Crippen molar-refractivity contribution in [2.24, 2.45) is 5.92 Å². The van der Waals surface area contributed by atoms with E-state index in [-0.39, 0.29) is 0 Å². The Morgan fingerprint density at radius 3 is 2.30 bits per heavy atom. The van der Waals surface area contributed by atoms with Crippen LogP contribution >= 0.6 is 0 Å². The van der Waals surface area contributed by atoms with Gasteiger partial charge in [-0.2, -0.15) is 0 Å². The van der Waals surface area contributed by atoms with Gasteiger partial charge in [-0.25, -0.2) is 0 Å². The van der Waals surface area contributed by atoms with Crippen LogP contribution in [0.25, 0.3) is 5.57 Å². The minimum absolute atomic E-state index is 0.817. The van der Waals surface area contributed by atoms with E-state index in [0.717, 1.165) is 18.8 Å². The maximum atomic E-state index is 4.01. The molecule has 0 saturated heterocycles. The lowest BCUT2D eigenvalue weighted by Crippen LogP contribution is -1.89. The molecule has 0 unspecified atom stereocenters. The summed E-state index contributed by atoms with van der Waals surface area (Å²) in [5.41, 5.74) is 6.83. The van der Waals surface area contributed by atoms with E-state index < -0.39 is 0 Å². The Labute approximate surface area is 144 Å². The minimum atomic E-state index is 0.817. The van der Waals surface area contributed by atoms with E-state index in [1.54, 1.807) is 0 Å². The Hall–Kier alpha value is -1.56. The number of rotatable bonds is 9. The SMILES string of the molecule is C=C/C(=C(/C)CC/C=C(\C)CCCC(C)C)c1ccc(C)cc1. The summed E-state index contributed by atoms with van der Waals surface area (Å²) in [5, 5.41) is 0. The molecule has 1 aromatic rings. The van der Waals surface area contributed by atoms with Gasteiger partial charge in [0.15, 0.2) is 0 Å². The third-order valence-electron chi connectivity index (χ3n) is 4.39. The monoisotopic (exact) mass is 310 g/mol. The third-order valence-corrected chi connectivity index (χ3v) is 4.39. The predicted molar refractivity (Wildman–Crippen MR) is 106 cm³/mol. The lowest BCUT2D eigenvalue weighted by Gasteiger charge is -2.09. The van der Waals surface area contributed by atoms with Crippen molar-refractivity contribution in [1.29, 1.82) is 0 Å². The molecule has 0 fully saturated rings. The van der Waals surface area contributed by atoms with Crippen molar-refractivity contribution < 1.29 is 0 Å². The molecule has 0 saturated carbocycles. The molecule has 1 rings (SSSR count). The summed E-state index contributed by atoms with van der Waals surface area (Å²) in [6, 6.07) is 8.74. The fourth-order valence-electron chi connectivity index (χ4n) is 2.83. The topological polar surface area (TPSA) is 0 Å². The highest BCUT2D eigenvalue weighted by atomic mass is 14.1. The standard InChI is InChI=1S/C23H34/c1-7-23(22-16-14-20(5)15-17-22)21(6)13-9-12-19(4)11-8-10-18(2)3/h7,12,14-18H,1,8-11,13H2,2-6H3/b19-12+,23-21+. The summed E-state index contributed by atoms with van der Waals surface area (Å²) in [6.07, 6.45) is 10.5. The van der Waals surface area contributed by atoms with Gasteiger partial charge in [0.25, 0.3) is 0 Å². The Bertz CT molecular complexity index is 538. The van der Waals surface area contributed by atoms with Crippen molar-refractivity contribution in [3.05, 3.63) is 65.3 Å². The number of hydrogen-bond donors (Lipinski definition) is 0. The fourth-order valence-corrected chi connectivity index (χ4v) is 2.83. The maximum Gasteiger partial charge on any atom is -0.0185 e. The van der Waals surface area contributed by atoms with E-state index in [0.29, 0.717) is 0 Å². The highest BCUT2D eigenvalue weighted by molar-refractivity contribution is 5.76. The zero-order valence-electron chi connectivity index (χ0n) is 15.8. The zero-order valence-corrected chi connectivity index (χ0v) is 15.8. The Morgan fingerprint density at radius 1 is 1.09 bits per heavy atom. The van der Waals surface area contributed by atoms with Crippen LogP contribution in [0.2, 0.25) is 0 Å². The molecule has 0 bridgehead atoms. The van der Waals surface area contributed by atoms with Crippen LogP contribution in [0.4, 0.5) is 0 Å². The number of benzene rings is 1. The summed E-state index contributed by atoms with van der Waals surface area (Å²) in [7, 11) is 0. The van der Waals surface area contributed by atoms with Crippen LogP contribution in [0.3, 0.4) is 0 Å². The quantitative estimate of drug-likeness (QED) is 0.327. The number of allylic oxidation sites excluding steroid dienone is 5. The van der Waals surface area contributed by atoms with Crippen LogP contribution in [0.15, 0.2) is 54.1 Å². The molecule has 0 aliphatic rings. The predicted octanol–water partition coefficient (Wildman–Crippen LogP) is 7.51. The normalized spacial score (nSPS) is 13.2. The molecule has 126 valence electrons. The van der Waals surface area contributed by atoms with E-state index >= 15 is 0 Å². The molecule has 0 heterocycles. The average Bonchev–Trinajstić information content (AvgIpc) is 2.49. The van der Waals surface area contributed by atoms with Crippen LogP contribution in [0, 0.1) is 12.8 Å². The second kappa shape index (κ2) is 10.3. The first-order valence-corrected chi connectivity index (χ1v) is 8.99. The number of aryl methyl sites for hydroxylation is 1. The molecule has 0 heteroatoms. The van der Waals surface area contributed by atoms with E-state index in [1.807, 2.05) is 6.08 Å². The highest BCUT2D eigenvalue weighted by Crippen LogP contribution is 2.23. The summed E-state index contributed by atoms with van der Waals surface area (Å²) in [4.78, 5) is 0. The van der Waals surface area contributed by atoms with Crippen molar-refractivity contribution in [2.45, 2.75) is 66.7 Å². The average molecular weight is 311 g/mol. The van der Waals surface area contributed by atoms with Crippen molar-refractivity contribution in [1.82, 2.24) is 0 Å². The van der Waals surface area contributed by atoms with E-state index in [4.69, 9.17) is 0 Å². The molecule has 0 aliphatic carbocycles. The summed E-state index contributed by atoms with van der Waals surface area (Å²) in [5.74, 6) is 0.817. The molecular weight excluding hydrogens is 276 g/mol. The van der Waals surface area contributed by atoms with E-state index in [9.17, 15) is 0 Å². The largest absolute Gasteiger partial charge is 0.0985 e. The van der Waals surface area contributed by atoms with Gasteiger partial charge < -0.3 is 0 Å². The van der Waals surface area contributed by atoms with Gasteiger partial charge in [-0.1, -0.05) is 80.0 Å². The van der Waals surface area contributed by atoms with E-state index in [1.165, 1.54) is 47.1 Å². The molecule has 1 aromatic carbocycles. The molecule has 0 N–H and O–H groups in total. The van der Waals surface area contributed by atoms with Gasteiger partial charge in [0.05, 0.1) is 0 Å². The highest BCUT2D eigenvalue weighted by Gasteiger charge is 2.02. The Kier molecular flexibility index (Phi) is 8.69. The van der Waals surface area contributed by atoms with Gasteiger partial charge in [0.2, 0.25) is 0 Å². The second-order valence-corrected chi connectivity index (χ2v) is 7.14. The first-order valence-electron chi connectivity index (χ1n) is 8.99. The molecule has 0 spiro atoms. The lowest BCUT2D eigenvalue weighted by atomic mass is 9.96. The van der Waals surface area contributed by atoms with Crippen LogP contribution < -0.4 is 0 Å². The second-order valence-electron chi connectivity index (χ2n) is 7.14. The minimum Gasteiger partial charge on any atom is -0.0985 e. The van der Waals surface area contributed by atoms with Crippen molar-refractivity contribution >= 4 is 5.57 Å². The molecule has 0 radical (unpaired) electrons. The Balaban J connectivity index is 2.60. The van der Waals surface area contributed by atoms with Gasteiger partial charge in [-0.15, -0.1) is 0 Å². The molecule has 23 heavy (non-hydrogen) atoms. The van der Waals surface area contributed by atoms with Gasteiger partial charge in [0.1, 0.15) is 0 Å². The molecule has 0 aliphatic heterocycles. The third kappa shape index (κ3) is 7.50. The fraction of sp³-hybridized carbons (Fsp3) is 0.478. The first kappa shape index (κ1) is 19.5. The Morgan fingerprint density at radius 2 is 1.74 bits per heavy atom. The van der Waals surface area contributed by atoms with Crippen molar-refractivity contribution in [3.63, 3.8) is 0 Å². The van der Waals surface area contributed by atoms with Gasteiger partial charge in [-0.3, -0.25) is 0 Å². The van der Waals surface area contributed by atoms with Crippen LogP contribution in [-0.4, -0.2) is 0 Å². The van der Waals surface area contributed by atoms with Crippen molar-refractivity contribution in [2.75, 3.05) is 0 Å². The zero-order chi connectivity index (χ0) is 17.2. The smallest absolute Gasteiger partial charge is 0.0185 e. The summed E-state index contributed by atoms with van der Waals surface area (Å²) < 4.78 is 0. The van der Waals surface area contributed by atoms with Gasteiger partial charge >= 0.3 is 0 Å². The van der Waals surface area contributed by atoms with Crippen LogP contribution in [0.5, 0.6) is 0 Å². The molecule has 0 amide bonds. The first-order chi connectivity index (χ1) is 10.9.